The summed E-state index contributed by atoms with van der Waals surface area (Å²) in [4.78, 5) is 29.6. The molecule has 2 aromatic carbocycles. The van der Waals surface area contributed by atoms with E-state index in [1.54, 1.807) is 31.2 Å². The molecule has 0 aliphatic carbocycles. The molecule has 0 aliphatic rings. The minimum atomic E-state index is -0.552. The highest BCUT2D eigenvalue weighted by atomic mass is 16.5. The van der Waals surface area contributed by atoms with Crippen molar-refractivity contribution in [3.8, 4) is 17.2 Å². The number of phenols is 1. The number of carbonyl (C=O) groups excluding carboxylic acids is 2. The maximum atomic E-state index is 13.0. The van der Waals surface area contributed by atoms with E-state index in [2.05, 4.69) is 4.98 Å². The summed E-state index contributed by atoms with van der Waals surface area (Å²) in [5.41, 5.74) is 0.604. The van der Waals surface area contributed by atoms with Crippen molar-refractivity contribution >= 4 is 22.5 Å². The number of carbonyl (C=O) groups is 2. The van der Waals surface area contributed by atoms with Crippen LogP contribution in [0.2, 0.25) is 0 Å². The Balaban J connectivity index is 2.28. The fourth-order valence-corrected chi connectivity index (χ4v) is 2.90. The molecule has 1 aromatic heterocycles. The summed E-state index contributed by atoms with van der Waals surface area (Å²) in [5.74, 6) is -0.185. The Labute approximate surface area is 161 Å². The van der Waals surface area contributed by atoms with Gasteiger partial charge < -0.3 is 19.3 Å². The standard InChI is InChI=1S/C21H19NO6/c1-4-28-21(25)16-11-22-19(20(24)12-6-5-7-13(23)8-12)15-10-18(27-3)17(26-2)9-14(15)16/h5-11,23H,4H2,1-3H3. The quantitative estimate of drug-likeness (QED) is 0.517. The van der Waals surface area contributed by atoms with Gasteiger partial charge in [-0.05, 0) is 31.2 Å². The molecule has 0 saturated heterocycles. The number of methoxy groups -OCH3 is 2. The molecular weight excluding hydrogens is 362 g/mol. The summed E-state index contributed by atoms with van der Waals surface area (Å²) in [6.07, 6.45) is 1.31. The number of aromatic nitrogens is 1. The number of fused-ring (bicyclic) bond motifs is 1. The Morgan fingerprint density at radius 1 is 1.04 bits per heavy atom. The molecule has 0 atom stereocenters. The van der Waals surface area contributed by atoms with Gasteiger partial charge in [0.15, 0.2) is 11.5 Å². The first-order valence-corrected chi connectivity index (χ1v) is 8.55. The van der Waals surface area contributed by atoms with Crippen molar-refractivity contribution in [3.63, 3.8) is 0 Å². The van der Waals surface area contributed by atoms with E-state index in [1.165, 1.54) is 32.5 Å². The van der Waals surface area contributed by atoms with Crippen LogP contribution >= 0.6 is 0 Å². The fourth-order valence-electron chi connectivity index (χ4n) is 2.90. The zero-order valence-corrected chi connectivity index (χ0v) is 15.7. The second kappa shape index (κ2) is 7.96. The maximum Gasteiger partial charge on any atom is 0.340 e. The topological polar surface area (TPSA) is 95.0 Å². The second-order valence-electron chi connectivity index (χ2n) is 5.87. The summed E-state index contributed by atoms with van der Waals surface area (Å²) < 4.78 is 15.8. The van der Waals surface area contributed by atoms with Crippen LogP contribution in [-0.2, 0) is 4.74 Å². The van der Waals surface area contributed by atoms with E-state index in [0.29, 0.717) is 22.3 Å². The molecule has 144 valence electrons. The number of rotatable bonds is 6. The molecule has 3 rings (SSSR count). The van der Waals surface area contributed by atoms with Gasteiger partial charge in [-0.15, -0.1) is 0 Å². The van der Waals surface area contributed by atoms with Crippen LogP contribution < -0.4 is 9.47 Å². The van der Waals surface area contributed by atoms with Crippen molar-refractivity contribution in [3.05, 3.63) is 59.4 Å². The molecule has 0 saturated carbocycles. The third kappa shape index (κ3) is 3.46. The number of pyridine rings is 1. The van der Waals surface area contributed by atoms with E-state index in [9.17, 15) is 14.7 Å². The zero-order valence-electron chi connectivity index (χ0n) is 15.7. The Morgan fingerprint density at radius 2 is 1.71 bits per heavy atom. The van der Waals surface area contributed by atoms with Gasteiger partial charge in [0.25, 0.3) is 0 Å². The number of aromatic hydroxyl groups is 1. The molecule has 0 aliphatic heterocycles. The van der Waals surface area contributed by atoms with Crippen LogP contribution in [0.1, 0.15) is 33.3 Å². The molecule has 0 bridgehead atoms. The van der Waals surface area contributed by atoms with Crippen LogP contribution in [-0.4, -0.2) is 42.7 Å². The van der Waals surface area contributed by atoms with Crippen LogP contribution in [0.25, 0.3) is 10.8 Å². The van der Waals surface area contributed by atoms with Crippen LogP contribution in [0, 0.1) is 0 Å². The SMILES string of the molecule is CCOC(=O)c1cnc(C(=O)c2cccc(O)c2)c2cc(OC)c(OC)cc12. The van der Waals surface area contributed by atoms with Crippen LogP contribution in [0.5, 0.6) is 17.2 Å². The van der Waals surface area contributed by atoms with Gasteiger partial charge in [0.2, 0.25) is 5.78 Å². The van der Waals surface area contributed by atoms with Gasteiger partial charge in [0, 0.05) is 22.5 Å². The lowest BCUT2D eigenvalue weighted by Gasteiger charge is -2.14. The van der Waals surface area contributed by atoms with E-state index >= 15 is 0 Å². The van der Waals surface area contributed by atoms with Crippen molar-refractivity contribution in [1.82, 2.24) is 4.98 Å². The molecule has 28 heavy (non-hydrogen) atoms. The summed E-state index contributed by atoms with van der Waals surface area (Å²) in [5, 5.41) is 10.5. The molecule has 3 aromatic rings. The highest BCUT2D eigenvalue weighted by molar-refractivity contribution is 6.18. The van der Waals surface area contributed by atoms with Crippen molar-refractivity contribution in [2.24, 2.45) is 0 Å². The third-order valence-electron chi connectivity index (χ3n) is 4.21. The molecule has 0 spiro atoms. The Kier molecular flexibility index (Phi) is 5.44. The molecule has 1 N–H and O–H groups in total. The highest BCUT2D eigenvalue weighted by Gasteiger charge is 2.22. The molecule has 7 heteroatoms. The van der Waals surface area contributed by atoms with Gasteiger partial charge in [-0.1, -0.05) is 12.1 Å². The van der Waals surface area contributed by atoms with Crippen LogP contribution in [0.4, 0.5) is 0 Å². The molecule has 0 amide bonds. The first-order valence-electron chi connectivity index (χ1n) is 8.55. The molecule has 0 unspecified atom stereocenters. The fraction of sp³-hybridized carbons (Fsp3) is 0.190. The van der Waals surface area contributed by atoms with Gasteiger partial charge in [-0.3, -0.25) is 9.78 Å². The number of ether oxygens (including phenoxy) is 3. The Bertz CT molecular complexity index is 1060. The lowest BCUT2D eigenvalue weighted by Crippen LogP contribution is -2.11. The summed E-state index contributed by atoms with van der Waals surface area (Å²) in [7, 11) is 2.96. The van der Waals surface area contributed by atoms with Gasteiger partial charge in [0.1, 0.15) is 11.4 Å². The number of hydrogen-bond donors (Lipinski definition) is 1. The normalized spacial score (nSPS) is 10.5. The predicted octanol–water partition coefficient (Wildman–Crippen LogP) is 3.37. The van der Waals surface area contributed by atoms with Gasteiger partial charge in [-0.2, -0.15) is 0 Å². The van der Waals surface area contributed by atoms with Gasteiger partial charge >= 0.3 is 5.97 Å². The van der Waals surface area contributed by atoms with E-state index in [0.717, 1.165) is 0 Å². The largest absolute Gasteiger partial charge is 0.508 e. The van der Waals surface area contributed by atoms with E-state index in [4.69, 9.17) is 14.2 Å². The minimum Gasteiger partial charge on any atom is -0.508 e. The molecular formula is C21H19NO6. The molecule has 0 radical (unpaired) electrons. The van der Waals surface area contributed by atoms with E-state index in [1.807, 2.05) is 0 Å². The van der Waals surface area contributed by atoms with Crippen molar-refractivity contribution in [2.45, 2.75) is 6.92 Å². The lowest BCUT2D eigenvalue weighted by molar-refractivity contribution is 0.0528. The smallest absolute Gasteiger partial charge is 0.340 e. The predicted molar refractivity (Wildman–Crippen MR) is 102 cm³/mol. The number of phenolic OH excluding ortho intramolecular Hbond substituents is 1. The molecule has 1 heterocycles. The highest BCUT2D eigenvalue weighted by Crippen LogP contribution is 2.35. The maximum absolute atomic E-state index is 13.0. The number of ketones is 1. The average Bonchev–Trinajstić information content (AvgIpc) is 2.71. The Hall–Kier alpha value is -3.61. The summed E-state index contributed by atoms with van der Waals surface area (Å²) >= 11 is 0. The monoisotopic (exact) mass is 381 g/mol. The minimum absolute atomic E-state index is 0.0300. The Morgan fingerprint density at radius 3 is 2.32 bits per heavy atom. The second-order valence-corrected chi connectivity index (χ2v) is 5.87. The van der Waals surface area contributed by atoms with E-state index in [-0.39, 0.29) is 29.2 Å². The molecule has 0 fully saturated rings. The van der Waals surface area contributed by atoms with Crippen LogP contribution in [0.3, 0.4) is 0 Å². The third-order valence-corrected chi connectivity index (χ3v) is 4.21. The van der Waals surface area contributed by atoms with E-state index < -0.39 is 11.8 Å². The van der Waals surface area contributed by atoms with Crippen LogP contribution in [0.15, 0.2) is 42.6 Å². The first-order chi connectivity index (χ1) is 13.5. The van der Waals surface area contributed by atoms with Crippen molar-refractivity contribution in [2.75, 3.05) is 20.8 Å². The average molecular weight is 381 g/mol. The van der Waals surface area contributed by atoms with Crippen molar-refractivity contribution < 1.29 is 28.9 Å². The number of esters is 1. The molecule has 7 nitrogen and oxygen atoms in total. The number of hydrogen-bond acceptors (Lipinski definition) is 7. The summed E-state index contributed by atoms with van der Waals surface area (Å²) in [6, 6.07) is 9.19. The van der Waals surface area contributed by atoms with Crippen molar-refractivity contribution in [1.29, 1.82) is 0 Å². The van der Waals surface area contributed by atoms with Gasteiger partial charge in [-0.25, -0.2) is 4.79 Å². The number of benzene rings is 2. The summed E-state index contributed by atoms with van der Waals surface area (Å²) in [6.45, 7) is 1.91. The first kappa shape index (κ1) is 19.2. The number of nitrogens with zero attached hydrogens (tertiary/aromatic N) is 1. The zero-order chi connectivity index (χ0) is 20.3. The lowest BCUT2D eigenvalue weighted by atomic mass is 9.99. The van der Waals surface area contributed by atoms with Gasteiger partial charge in [0.05, 0.1) is 26.4 Å².